The van der Waals surface area contributed by atoms with Crippen molar-refractivity contribution in [2.45, 2.75) is 56.5 Å². The molecule has 66 heavy (non-hydrogen) atoms. The van der Waals surface area contributed by atoms with Crippen LogP contribution in [0.3, 0.4) is 0 Å². The van der Waals surface area contributed by atoms with Gasteiger partial charge in [0.05, 0.1) is 0 Å². The van der Waals surface area contributed by atoms with Crippen LogP contribution in [-0.4, -0.2) is 6.10 Å². The molecule has 1 saturated carbocycles. The summed E-state index contributed by atoms with van der Waals surface area (Å²) in [5.74, 6) is 2.60. The second-order valence-electron chi connectivity index (χ2n) is 19.2. The van der Waals surface area contributed by atoms with Crippen molar-refractivity contribution in [3.05, 3.63) is 209 Å². The molecule has 0 saturated heterocycles. The van der Waals surface area contributed by atoms with Crippen LogP contribution in [0, 0.1) is 0 Å². The zero-order valence-electron chi connectivity index (χ0n) is 36.8. The smallest absolute Gasteiger partial charge is 0.143 e. The Morgan fingerprint density at radius 2 is 1.30 bits per heavy atom. The van der Waals surface area contributed by atoms with Crippen LogP contribution in [0.25, 0.3) is 78.4 Å². The van der Waals surface area contributed by atoms with Crippen LogP contribution < -0.4 is 9.64 Å². The number of anilines is 3. The van der Waals surface area contributed by atoms with Gasteiger partial charge in [-0.1, -0.05) is 135 Å². The molecule has 0 spiro atoms. The summed E-state index contributed by atoms with van der Waals surface area (Å²) in [5, 5.41) is 3.40. The molecule has 10 aromatic rings. The highest BCUT2D eigenvalue weighted by Crippen LogP contribution is 2.56. The fraction of sp³-hybridized carbons (Fsp3) is 0.145. The molecular formula is C62H45NO3. The zero-order chi connectivity index (χ0) is 43.7. The summed E-state index contributed by atoms with van der Waals surface area (Å²) in [7, 11) is 0. The molecule has 4 nitrogen and oxygen atoms in total. The Labute approximate surface area is 383 Å². The first-order chi connectivity index (χ1) is 32.5. The van der Waals surface area contributed by atoms with E-state index in [0.29, 0.717) is 5.92 Å². The van der Waals surface area contributed by atoms with Gasteiger partial charge in [0.25, 0.3) is 0 Å². The van der Waals surface area contributed by atoms with Crippen LogP contribution >= 0.6 is 0 Å². The molecule has 4 heteroatoms. The molecule has 1 fully saturated rings. The van der Waals surface area contributed by atoms with E-state index in [0.717, 1.165) is 103 Å². The molecule has 4 aliphatic rings. The van der Waals surface area contributed by atoms with Crippen molar-refractivity contribution in [2.75, 3.05) is 4.90 Å². The van der Waals surface area contributed by atoms with E-state index in [4.69, 9.17) is 13.6 Å². The SMILES string of the molecule is CC1(C)c2ccccc2-c2ccc(N(c3ccc(-c4cccc5c6c(oc45)C=C=C6)cc3)c3ccc(C4CC[C@H]5Oc6c(cc7oc8ccccc8c7c6-c6ccccc6)C5C4)cc3)cc21. The quantitative estimate of drug-likeness (QED) is 0.156. The van der Waals surface area contributed by atoms with E-state index >= 15 is 0 Å². The van der Waals surface area contributed by atoms with Crippen LogP contribution in [0.1, 0.15) is 78.5 Å². The lowest BCUT2D eigenvalue weighted by atomic mass is 9.74. The molecule has 0 amide bonds. The second kappa shape index (κ2) is 14.1. The Balaban J connectivity index is 0.827. The van der Waals surface area contributed by atoms with E-state index in [2.05, 4.69) is 194 Å². The summed E-state index contributed by atoms with van der Waals surface area (Å²) < 4.78 is 20.0. The van der Waals surface area contributed by atoms with Crippen molar-refractivity contribution in [2.24, 2.45) is 0 Å². The van der Waals surface area contributed by atoms with Crippen molar-refractivity contribution in [3.8, 4) is 39.1 Å². The molecule has 14 rings (SSSR count). The minimum Gasteiger partial charge on any atom is -0.489 e. The number of hydrogen-bond donors (Lipinski definition) is 0. The van der Waals surface area contributed by atoms with Gasteiger partial charge in [0.2, 0.25) is 0 Å². The number of rotatable bonds is 6. The van der Waals surface area contributed by atoms with Gasteiger partial charge in [-0.15, -0.1) is 5.73 Å². The Bertz CT molecular complexity index is 3670. The summed E-state index contributed by atoms with van der Waals surface area (Å²) in [6, 6.07) is 62.2. The lowest BCUT2D eigenvalue weighted by Gasteiger charge is -2.32. The summed E-state index contributed by atoms with van der Waals surface area (Å²) in [5.41, 5.74) is 22.9. The largest absolute Gasteiger partial charge is 0.489 e. The maximum Gasteiger partial charge on any atom is 0.143 e. The number of ether oxygens (including phenoxy) is 1. The van der Waals surface area contributed by atoms with Gasteiger partial charge in [0.15, 0.2) is 0 Å². The molecular weight excluding hydrogens is 807 g/mol. The van der Waals surface area contributed by atoms with E-state index in [1.807, 2.05) is 12.2 Å². The minimum absolute atomic E-state index is 0.118. The van der Waals surface area contributed by atoms with Crippen LogP contribution in [0.15, 0.2) is 184 Å². The standard InChI is InChI=1S/C62H45NO3/c1-62(2)52-19-8-6-14-45(52)46-32-31-43(35-53(46)62)63(42-29-24-38(25-30-42)44-16-10-18-48-47-17-11-21-54(47)65-60(44)48)41-27-22-37(23-28-41)40-26-33-56-50(34-40)51-36-57-59(49-15-7-9-20-55(49)64-57)58(61(51)66-56)39-12-4-3-5-13-39/h3-10,12-25,27-32,35-36,40,50,56H,26,33-34H2,1-2H3/t40?,50?,56-/m1/s1. The Morgan fingerprint density at radius 3 is 2.17 bits per heavy atom. The van der Waals surface area contributed by atoms with Gasteiger partial charge in [-0.25, -0.2) is 0 Å². The van der Waals surface area contributed by atoms with Crippen molar-refractivity contribution < 1.29 is 13.6 Å². The van der Waals surface area contributed by atoms with E-state index in [-0.39, 0.29) is 17.4 Å². The summed E-state index contributed by atoms with van der Waals surface area (Å²) >= 11 is 0. The van der Waals surface area contributed by atoms with Crippen molar-refractivity contribution in [1.29, 1.82) is 0 Å². The third kappa shape index (κ3) is 5.52. The van der Waals surface area contributed by atoms with Gasteiger partial charge in [0.1, 0.15) is 34.4 Å². The number of para-hydroxylation sites is 2. The third-order valence-electron chi connectivity index (χ3n) is 15.3. The first-order valence-corrected chi connectivity index (χ1v) is 23.4. The Kier molecular flexibility index (Phi) is 8.03. The Hall–Kier alpha value is -7.78. The Morgan fingerprint density at radius 1 is 0.576 bits per heavy atom. The average molecular weight is 852 g/mol. The topological polar surface area (TPSA) is 38.8 Å². The molecule has 3 atom stereocenters. The summed E-state index contributed by atoms with van der Waals surface area (Å²) in [6.07, 6.45) is 7.21. The number of fused-ring (bicyclic) bond motifs is 12. The maximum absolute atomic E-state index is 7.04. The minimum atomic E-state index is -0.118. The molecule has 316 valence electrons. The number of nitrogens with zero attached hydrogens (tertiary/aromatic N) is 1. The highest BCUT2D eigenvalue weighted by atomic mass is 16.5. The number of benzene rings is 8. The molecule has 1 aliphatic heterocycles. The molecule has 8 aromatic carbocycles. The van der Waals surface area contributed by atoms with Gasteiger partial charge in [-0.2, -0.15) is 0 Å². The highest BCUT2D eigenvalue weighted by molar-refractivity contribution is 6.14. The molecule has 0 N–H and O–H groups in total. The summed E-state index contributed by atoms with van der Waals surface area (Å²) in [4.78, 5) is 2.42. The van der Waals surface area contributed by atoms with E-state index in [1.165, 1.54) is 38.9 Å². The van der Waals surface area contributed by atoms with E-state index in [1.54, 1.807) is 0 Å². The third-order valence-corrected chi connectivity index (χ3v) is 15.3. The molecule has 3 heterocycles. The highest BCUT2D eigenvalue weighted by Gasteiger charge is 2.42. The van der Waals surface area contributed by atoms with Crippen LogP contribution in [0.4, 0.5) is 17.1 Å². The lowest BCUT2D eigenvalue weighted by Crippen LogP contribution is -2.26. The molecule has 2 unspecified atom stereocenters. The average Bonchev–Trinajstić information content (AvgIpc) is 4.18. The first kappa shape index (κ1) is 37.6. The predicted octanol–water partition coefficient (Wildman–Crippen LogP) is 16.9. The van der Waals surface area contributed by atoms with E-state index in [9.17, 15) is 0 Å². The molecule has 3 aliphatic carbocycles. The van der Waals surface area contributed by atoms with Gasteiger partial charge in [-0.05, 0) is 119 Å². The van der Waals surface area contributed by atoms with Crippen molar-refractivity contribution in [3.63, 3.8) is 0 Å². The summed E-state index contributed by atoms with van der Waals surface area (Å²) in [6.45, 7) is 4.72. The van der Waals surface area contributed by atoms with E-state index < -0.39 is 0 Å². The van der Waals surface area contributed by atoms with Crippen LogP contribution in [0.5, 0.6) is 5.75 Å². The number of furan rings is 2. The molecule has 0 bridgehead atoms. The number of hydrogen-bond acceptors (Lipinski definition) is 4. The lowest BCUT2D eigenvalue weighted by molar-refractivity contribution is 0.155. The first-order valence-electron chi connectivity index (χ1n) is 23.4. The normalized spacial score (nSPS) is 18.3. The van der Waals surface area contributed by atoms with Crippen LogP contribution in [-0.2, 0) is 5.41 Å². The van der Waals surface area contributed by atoms with Gasteiger partial charge < -0.3 is 18.5 Å². The van der Waals surface area contributed by atoms with Crippen LogP contribution in [0.2, 0.25) is 0 Å². The van der Waals surface area contributed by atoms with Crippen molar-refractivity contribution >= 4 is 62.1 Å². The van der Waals surface area contributed by atoms with Crippen molar-refractivity contribution in [1.82, 2.24) is 0 Å². The van der Waals surface area contributed by atoms with Gasteiger partial charge in [0, 0.05) is 72.9 Å². The monoisotopic (exact) mass is 851 g/mol. The molecule has 0 radical (unpaired) electrons. The van der Waals surface area contributed by atoms with Gasteiger partial charge >= 0.3 is 0 Å². The maximum atomic E-state index is 7.04. The fourth-order valence-corrected chi connectivity index (χ4v) is 12.0. The second-order valence-corrected chi connectivity index (χ2v) is 19.2. The zero-order valence-corrected chi connectivity index (χ0v) is 36.8. The van der Waals surface area contributed by atoms with Gasteiger partial charge in [-0.3, -0.25) is 0 Å². The predicted molar refractivity (Wildman–Crippen MR) is 269 cm³/mol. The molecule has 2 aromatic heterocycles. The fourth-order valence-electron chi connectivity index (χ4n) is 12.0.